The van der Waals surface area contributed by atoms with Gasteiger partial charge in [-0.05, 0) is 25.0 Å². The Morgan fingerprint density at radius 1 is 1.53 bits per heavy atom. The van der Waals surface area contributed by atoms with Crippen molar-refractivity contribution in [1.29, 1.82) is 0 Å². The van der Waals surface area contributed by atoms with Crippen LogP contribution in [0.5, 0.6) is 0 Å². The van der Waals surface area contributed by atoms with Gasteiger partial charge in [0.25, 0.3) is 0 Å². The highest BCUT2D eigenvalue weighted by Gasteiger charge is 2.12. The van der Waals surface area contributed by atoms with E-state index in [1.807, 2.05) is 18.3 Å². The quantitative estimate of drug-likeness (QED) is 0.739. The van der Waals surface area contributed by atoms with E-state index in [2.05, 4.69) is 11.9 Å². The number of carbonyl (C=O) groups is 1. The summed E-state index contributed by atoms with van der Waals surface area (Å²) in [6, 6.07) is 3.91. The fourth-order valence-corrected chi connectivity index (χ4v) is 1.22. The second-order valence-electron chi connectivity index (χ2n) is 3.53. The lowest BCUT2D eigenvalue weighted by Crippen LogP contribution is -2.21. The number of hydrogen-bond acceptors (Lipinski definition) is 3. The molecule has 1 atom stereocenters. The number of ether oxygens (including phenoxy) is 1. The molecule has 0 saturated heterocycles. The van der Waals surface area contributed by atoms with Gasteiger partial charge in [0.05, 0.1) is 6.42 Å². The molecule has 0 amide bonds. The van der Waals surface area contributed by atoms with Crippen molar-refractivity contribution in [2.75, 3.05) is 7.11 Å². The van der Waals surface area contributed by atoms with Gasteiger partial charge in [-0.3, -0.25) is 9.78 Å². The highest BCUT2D eigenvalue weighted by atomic mass is 16.5. The molecule has 0 saturated carbocycles. The second-order valence-corrected chi connectivity index (χ2v) is 3.53. The highest BCUT2D eigenvalue weighted by molar-refractivity contribution is 5.84. The number of Topliss-reactive ketones (excluding diaryl/α,β-unsaturated/α-hetero) is 1. The molecule has 0 fully saturated rings. The first-order chi connectivity index (χ1) is 7.17. The van der Waals surface area contributed by atoms with Crippen molar-refractivity contribution in [1.82, 2.24) is 4.98 Å². The first kappa shape index (κ1) is 11.9. The number of rotatable bonds is 5. The Kier molecular flexibility index (Phi) is 4.43. The third kappa shape index (κ3) is 3.44. The molecular formula is C12H17NO2. The van der Waals surface area contributed by atoms with Crippen LogP contribution in [0.3, 0.4) is 0 Å². The van der Waals surface area contributed by atoms with E-state index in [1.54, 1.807) is 6.92 Å². The minimum Gasteiger partial charge on any atom is -0.374 e. The molecule has 0 N–H and O–H groups in total. The molecule has 1 aromatic heterocycles. The Morgan fingerprint density at radius 3 is 2.73 bits per heavy atom. The van der Waals surface area contributed by atoms with Crippen LogP contribution in [0.2, 0.25) is 0 Å². The van der Waals surface area contributed by atoms with Crippen LogP contribution in [0.25, 0.3) is 0 Å². The minimum absolute atomic E-state index is 0.0641. The van der Waals surface area contributed by atoms with Gasteiger partial charge in [0.2, 0.25) is 0 Å². The predicted octanol–water partition coefficient (Wildman–Crippen LogP) is 1.79. The summed E-state index contributed by atoms with van der Waals surface area (Å²) in [6.45, 7) is 3.83. The third-order valence-electron chi connectivity index (χ3n) is 2.46. The molecule has 3 nitrogen and oxygen atoms in total. The molecule has 0 aromatic carbocycles. The lowest BCUT2D eigenvalue weighted by molar-refractivity contribution is -0.127. The van der Waals surface area contributed by atoms with Crippen molar-refractivity contribution in [2.45, 2.75) is 32.8 Å². The number of nitrogens with zero attached hydrogens (tertiary/aromatic N) is 1. The van der Waals surface area contributed by atoms with E-state index in [-0.39, 0.29) is 11.9 Å². The van der Waals surface area contributed by atoms with Gasteiger partial charge in [0.15, 0.2) is 5.78 Å². The Morgan fingerprint density at radius 2 is 2.27 bits per heavy atom. The zero-order chi connectivity index (χ0) is 11.3. The van der Waals surface area contributed by atoms with E-state index in [1.165, 1.54) is 12.7 Å². The van der Waals surface area contributed by atoms with Crippen molar-refractivity contribution < 1.29 is 9.53 Å². The van der Waals surface area contributed by atoms with E-state index in [4.69, 9.17) is 4.74 Å². The molecule has 0 aliphatic heterocycles. The van der Waals surface area contributed by atoms with Gasteiger partial charge in [-0.25, -0.2) is 0 Å². The predicted molar refractivity (Wildman–Crippen MR) is 58.8 cm³/mol. The van der Waals surface area contributed by atoms with Crippen LogP contribution >= 0.6 is 0 Å². The Hall–Kier alpha value is -1.22. The summed E-state index contributed by atoms with van der Waals surface area (Å²) in [5.74, 6) is 0.0641. The third-order valence-corrected chi connectivity index (χ3v) is 2.46. The maximum atomic E-state index is 11.5. The molecular weight excluding hydrogens is 190 g/mol. The van der Waals surface area contributed by atoms with Gasteiger partial charge in [0.1, 0.15) is 6.10 Å². The number of carbonyl (C=O) groups excluding carboxylic acids is 1. The first-order valence-electron chi connectivity index (χ1n) is 5.16. The van der Waals surface area contributed by atoms with Crippen LogP contribution in [0.4, 0.5) is 0 Å². The van der Waals surface area contributed by atoms with E-state index < -0.39 is 0 Å². The number of aryl methyl sites for hydroxylation is 1. The van der Waals surface area contributed by atoms with Crippen LogP contribution in [0.15, 0.2) is 18.3 Å². The summed E-state index contributed by atoms with van der Waals surface area (Å²) in [7, 11) is 1.54. The molecule has 0 spiro atoms. The summed E-state index contributed by atoms with van der Waals surface area (Å²) in [6.07, 6.45) is 2.78. The van der Waals surface area contributed by atoms with Gasteiger partial charge >= 0.3 is 0 Å². The standard InChI is InChI=1S/C12H17NO2/c1-4-10-5-6-11(13-8-10)7-12(14)9(2)15-3/h5-6,8-9H,4,7H2,1-3H3. The Balaban J connectivity index is 2.61. The molecule has 1 aromatic rings. The average molecular weight is 207 g/mol. The SMILES string of the molecule is CCc1ccc(CC(=O)C(C)OC)nc1. The fraction of sp³-hybridized carbons (Fsp3) is 0.500. The molecule has 0 bridgehead atoms. The van der Waals surface area contributed by atoms with Crippen LogP contribution in [-0.4, -0.2) is 24.0 Å². The summed E-state index contributed by atoms with van der Waals surface area (Å²) < 4.78 is 4.95. The van der Waals surface area contributed by atoms with E-state index in [0.717, 1.165) is 12.1 Å². The Bertz CT molecular complexity index is 319. The summed E-state index contributed by atoms with van der Waals surface area (Å²) in [4.78, 5) is 15.8. The Labute approximate surface area is 90.5 Å². The maximum Gasteiger partial charge on any atom is 0.167 e. The largest absolute Gasteiger partial charge is 0.374 e. The van der Waals surface area contributed by atoms with E-state index in [0.29, 0.717) is 6.42 Å². The van der Waals surface area contributed by atoms with Gasteiger partial charge in [-0.1, -0.05) is 13.0 Å². The second kappa shape index (κ2) is 5.61. The van der Waals surface area contributed by atoms with Gasteiger partial charge in [-0.2, -0.15) is 0 Å². The summed E-state index contributed by atoms with van der Waals surface area (Å²) >= 11 is 0. The lowest BCUT2D eigenvalue weighted by Gasteiger charge is -2.07. The van der Waals surface area contributed by atoms with Crippen LogP contribution in [-0.2, 0) is 22.4 Å². The number of pyridine rings is 1. The topological polar surface area (TPSA) is 39.2 Å². The van der Waals surface area contributed by atoms with Crippen molar-refractivity contribution in [2.24, 2.45) is 0 Å². The number of ketones is 1. The maximum absolute atomic E-state index is 11.5. The molecule has 3 heteroatoms. The van der Waals surface area contributed by atoms with E-state index >= 15 is 0 Å². The molecule has 15 heavy (non-hydrogen) atoms. The lowest BCUT2D eigenvalue weighted by atomic mass is 10.1. The summed E-state index contributed by atoms with van der Waals surface area (Å²) in [5, 5.41) is 0. The molecule has 0 aliphatic carbocycles. The van der Waals surface area contributed by atoms with E-state index in [9.17, 15) is 4.79 Å². The molecule has 82 valence electrons. The molecule has 1 unspecified atom stereocenters. The van der Waals surface area contributed by atoms with Crippen LogP contribution in [0, 0.1) is 0 Å². The number of hydrogen-bond donors (Lipinski definition) is 0. The zero-order valence-corrected chi connectivity index (χ0v) is 9.49. The monoisotopic (exact) mass is 207 g/mol. The first-order valence-corrected chi connectivity index (χ1v) is 5.16. The van der Waals surface area contributed by atoms with Crippen molar-refractivity contribution in [3.05, 3.63) is 29.6 Å². The smallest absolute Gasteiger partial charge is 0.167 e. The van der Waals surface area contributed by atoms with Gasteiger partial charge in [-0.15, -0.1) is 0 Å². The molecule has 0 radical (unpaired) electrons. The fourth-order valence-electron chi connectivity index (χ4n) is 1.22. The van der Waals surface area contributed by atoms with Crippen molar-refractivity contribution in [3.8, 4) is 0 Å². The van der Waals surface area contributed by atoms with Crippen molar-refractivity contribution >= 4 is 5.78 Å². The van der Waals surface area contributed by atoms with Gasteiger partial charge < -0.3 is 4.74 Å². The van der Waals surface area contributed by atoms with Gasteiger partial charge in [0, 0.05) is 19.0 Å². The molecule has 1 rings (SSSR count). The van der Waals surface area contributed by atoms with Crippen molar-refractivity contribution in [3.63, 3.8) is 0 Å². The molecule has 1 heterocycles. The number of aromatic nitrogens is 1. The number of methoxy groups -OCH3 is 1. The molecule has 0 aliphatic rings. The van der Waals surface area contributed by atoms with Crippen LogP contribution < -0.4 is 0 Å². The normalized spacial score (nSPS) is 12.5. The minimum atomic E-state index is -0.349. The average Bonchev–Trinajstić information content (AvgIpc) is 2.29. The zero-order valence-electron chi connectivity index (χ0n) is 9.49. The summed E-state index contributed by atoms with van der Waals surface area (Å²) in [5.41, 5.74) is 1.99. The van der Waals surface area contributed by atoms with Crippen LogP contribution in [0.1, 0.15) is 25.1 Å². The highest BCUT2D eigenvalue weighted by Crippen LogP contribution is 2.04.